The van der Waals surface area contributed by atoms with Gasteiger partial charge in [-0.25, -0.2) is 14.4 Å². The van der Waals surface area contributed by atoms with Crippen LogP contribution < -0.4 is 9.74 Å². The second-order valence-corrected chi connectivity index (χ2v) is 22.0. The van der Waals surface area contributed by atoms with Gasteiger partial charge in [-0.15, -0.1) is 0 Å². The Morgan fingerprint density at radius 1 is 0.808 bits per heavy atom. The fraction of sp³-hybridized carbons (Fsp3) is 0.610. The fourth-order valence-corrected chi connectivity index (χ4v) is 6.63. The Morgan fingerprint density at radius 3 is 2.00 bits per heavy atom. The number of carbonyl (C=O) groups is 4. The number of benzene rings is 2. The maximum Gasteiger partial charge on any atom is 0.408 e. The van der Waals surface area contributed by atoms with Gasteiger partial charge in [-0.3, -0.25) is 4.79 Å². The molecule has 288 valence electrons. The molecule has 1 amide bonds. The lowest BCUT2D eigenvalue weighted by molar-refractivity contribution is -0.176. The molecule has 0 aromatic heterocycles. The van der Waals surface area contributed by atoms with E-state index in [2.05, 4.69) is 45.2 Å². The summed E-state index contributed by atoms with van der Waals surface area (Å²) >= 11 is 0. The molecular weight excluding hydrogens is 679 g/mol. The summed E-state index contributed by atoms with van der Waals surface area (Å²) < 4.78 is 29.2. The van der Waals surface area contributed by atoms with E-state index in [-0.39, 0.29) is 30.9 Å². The van der Waals surface area contributed by atoms with Gasteiger partial charge in [0, 0.05) is 12.8 Å². The van der Waals surface area contributed by atoms with Gasteiger partial charge in [0.05, 0.1) is 0 Å². The molecule has 1 fully saturated rings. The van der Waals surface area contributed by atoms with Crippen molar-refractivity contribution >= 4 is 32.3 Å². The minimum absolute atomic E-state index is 0.0106. The van der Waals surface area contributed by atoms with Crippen LogP contribution in [0.1, 0.15) is 123 Å². The highest BCUT2D eigenvalue weighted by atomic mass is 28.4. The van der Waals surface area contributed by atoms with Crippen LogP contribution in [0.5, 0.6) is 5.75 Å². The predicted molar refractivity (Wildman–Crippen MR) is 204 cm³/mol. The number of alkyl carbamates (subject to hydrolysis) is 1. The highest BCUT2D eigenvalue weighted by molar-refractivity contribution is 6.74. The van der Waals surface area contributed by atoms with Crippen LogP contribution >= 0.6 is 0 Å². The van der Waals surface area contributed by atoms with Crippen LogP contribution in [-0.2, 0) is 46.4 Å². The Hall–Kier alpha value is -3.86. The van der Waals surface area contributed by atoms with Crippen molar-refractivity contribution < 1.29 is 42.6 Å². The lowest BCUT2D eigenvalue weighted by Crippen LogP contribution is -2.46. The van der Waals surface area contributed by atoms with Crippen LogP contribution in [0.4, 0.5) is 4.79 Å². The third-order valence-electron chi connectivity index (χ3n) is 9.24. The molecule has 0 radical (unpaired) electrons. The Balaban J connectivity index is 1.90. The quantitative estimate of drug-likeness (QED) is 0.115. The van der Waals surface area contributed by atoms with Crippen molar-refractivity contribution in [2.45, 2.75) is 161 Å². The van der Waals surface area contributed by atoms with Crippen molar-refractivity contribution in [2.24, 2.45) is 0 Å². The molecule has 0 aliphatic heterocycles. The molecule has 2 atom stereocenters. The number of nitrogens with one attached hydrogen (secondary N) is 1. The van der Waals surface area contributed by atoms with Gasteiger partial charge >= 0.3 is 24.0 Å². The lowest BCUT2D eigenvalue weighted by Gasteiger charge is -2.37. The normalized spacial score (nSPS) is 15.3. The first-order valence-corrected chi connectivity index (χ1v) is 21.4. The molecular formula is C41H61NO9Si. The summed E-state index contributed by atoms with van der Waals surface area (Å²) in [6, 6.07) is 13.7. The minimum Gasteiger partial charge on any atom is -0.543 e. The lowest BCUT2D eigenvalue weighted by atomic mass is 9.93. The maximum absolute atomic E-state index is 13.8. The van der Waals surface area contributed by atoms with Gasteiger partial charge in [0.15, 0.2) is 0 Å². The van der Waals surface area contributed by atoms with Gasteiger partial charge in [0.1, 0.15) is 29.6 Å². The third-order valence-corrected chi connectivity index (χ3v) is 13.6. The molecule has 3 rings (SSSR count). The first-order chi connectivity index (χ1) is 24.0. The molecule has 2 aromatic rings. The van der Waals surface area contributed by atoms with E-state index in [4.69, 9.17) is 23.4 Å². The summed E-state index contributed by atoms with van der Waals surface area (Å²) in [5.74, 6) is -0.973. The number of rotatable bonds is 14. The van der Waals surface area contributed by atoms with Crippen molar-refractivity contribution in [1.82, 2.24) is 5.32 Å². The van der Waals surface area contributed by atoms with Crippen LogP contribution in [0.25, 0.3) is 0 Å². The van der Waals surface area contributed by atoms with Gasteiger partial charge in [0.25, 0.3) is 0 Å². The molecule has 0 unspecified atom stereocenters. The molecule has 0 heterocycles. The van der Waals surface area contributed by atoms with Gasteiger partial charge in [-0.1, -0.05) is 76.1 Å². The second-order valence-electron chi connectivity index (χ2n) is 17.3. The number of hydrogen-bond acceptors (Lipinski definition) is 9. The molecule has 10 nitrogen and oxygen atoms in total. The Morgan fingerprint density at radius 2 is 1.42 bits per heavy atom. The van der Waals surface area contributed by atoms with Crippen LogP contribution in [0.3, 0.4) is 0 Å². The Bertz CT molecular complexity index is 1510. The zero-order valence-corrected chi connectivity index (χ0v) is 34.2. The van der Waals surface area contributed by atoms with Crippen LogP contribution in [0.2, 0.25) is 18.1 Å². The summed E-state index contributed by atoms with van der Waals surface area (Å²) in [6.45, 7) is 21.5. The largest absolute Gasteiger partial charge is 0.543 e. The van der Waals surface area contributed by atoms with Gasteiger partial charge < -0.3 is 28.7 Å². The molecule has 52 heavy (non-hydrogen) atoms. The van der Waals surface area contributed by atoms with Gasteiger partial charge in [0.2, 0.25) is 14.4 Å². The fourth-order valence-electron chi connectivity index (χ4n) is 5.59. The molecule has 1 aliphatic rings. The highest BCUT2D eigenvalue weighted by Crippen LogP contribution is 2.43. The number of amides is 1. The topological polar surface area (TPSA) is 126 Å². The molecule has 0 spiro atoms. The van der Waals surface area contributed by atoms with Crippen molar-refractivity contribution in [3.63, 3.8) is 0 Å². The smallest absolute Gasteiger partial charge is 0.408 e. The average molecular weight is 740 g/mol. The van der Waals surface area contributed by atoms with Crippen molar-refractivity contribution in [3.05, 3.63) is 65.2 Å². The summed E-state index contributed by atoms with van der Waals surface area (Å²) in [5.41, 5.74) is 1.06. The molecule has 11 heteroatoms. The average Bonchev–Trinajstić information content (AvgIpc) is 3.55. The van der Waals surface area contributed by atoms with E-state index in [1.165, 1.54) is 0 Å². The Labute approximate surface area is 311 Å². The van der Waals surface area contributed by atoms with Crippen LogP contribution in [0, 0.1) is 0 Å². The third kappa shape index (κ3) is 13.9. The first-order valence-electron chi connectivity index (χ1n) is 18.5. The maximum atomic E-state index is 13.8. The van der Waals surface area contributed by atoms with E-state index >= 15 is 0 Å². The molecule has 1 N–H and O–H groups in total. The van der Waals surface area contributed by atoms with Crippen LogP contribution in [0.15, 0.2) is 48.5 Å². The molecule has 2 aromatic carbocycles. The predicted octanol–water partition coefficient (Wildman–Crippen LogP) is 8.94. The summed E-state index contributed by atoms with van der Waals surface area (Å²) in [7, 11) is -2.15. The van der Waals surface area contributed by atoms with E-state index in [1.807, 2.05) is 30.3 Å². The van der Waals surface area contributed by atoms with E-state index in [1.54, 1.807) is 53.7 Å². The standard InChI is InChI=1S/C41H61NO9Si/c1-39(2,3)49-35(43)24-22-32(42-38(46)47-27-28-17-13-12-14-18-28)36(44)48-34(37(45)50-40(4,5)6)26-29-21-23-33(51-52(10,11)41(7,8)9)31(25-29)30-19-15-16-20-30/h12-14,17-18,21,23,25,30,32,34H,15-16,19-20,22,24,26-27H2,1-11H3,(H,42,46)/t32-,34-/m0/s1. The van der Waals surface area contributed by atoms with E-state index in [0.717, 1.165) is 48.1 Å². The zero-order valence-electron chi connectivity index (χ0n) is 33.2. The number of carbonyl (C=O) groups excluding carboxylic acids is 4. The van der Waals surface area contributed by atoms with Gasteiger partial charge in [-0.05, 0) is 108 Å². The summed E-state index contributed by atoms with van der Waals surface area (Å²) in [4.78, 5) is 53.0. The summed E-state index contributed by atoms with van der Waals surface area (Å²) in [5, 5.41) is 2.55. The van der Waals surface area contributed by atoms with E-state index < -0.39 is 55.7 Å². The van der Waals surface area contributed by atoms with Crippen LogP contribution in [-0.4, -0.2) is 55.7 Å². The Kier molecular flexibility index (Phi) is 14.5. The number of ether oxygens (including phenoxy) is 4. The van der Waals surface area contributed by atoms with E-state index in [9.17, 15) is 19.2 Å². The number of esters is 3. The molecule has 1 saturated carbocycles. The number of hydrogen-bond donors (Lipinski definition) is 1. The SMILES string of the molecule is CC(C)(C)OC(=O)CC[C@H](NC(=O)OCc1ccccc1)C(=O)O[C@@H](Cc1ccc(O[Si](C)(C)C(C)(C)C)c(C2CCCC2)c1)C(=O)OC(C)(C)C. The zero-order chi connectivity index (χ0) is 38.9. The molecule has 1 aliphatic carbocycles. The van der Waals surface area contributed by atoms with Crippen molar-refractivity contribution in [2.75, 3.05) is 0 Å². The highest BCUT2D eigenvalue weighted by Gasteiger charge is 2.40. The molecule has 0 saturated heterocycles. The van der Waals surface area contributed by atoms with Crippen molar-refractivity contribution in [3.8, 4) is 5.75 Å². The summed E-state index contributed by atoms with van der Waals surface area (Å²) in [6.07, 6.45) is 1.88. The molecule has 0 bridgehead atoms. The van der Waals surface area contributed by atoms with Gasteiger partial charge in [-0.2, -0.15) is 0 Å². The first kappa shape index (κ1) is 42.5. The monoisotopic (exact) mass is 739 g/mol. The minimum atomic E-state index is -2.15. The van der Waals surface area contributed by atoms with Crippen molar-refractivity contribution in [1.29, 1.82) is 0 Å². The van der Waals surface area contributed by atoms with E-state index in [0.29, 0.717) is 5.92 Å². The second kappa shape index (κ2) is 17.8.